The van der Waals surface area contributed by atoms with E-state index in [0.29, 0.717) is 13.2 Å². The molecular weight excluding hydrogens is 316 g/mol. The second-order valence-corrected chi connectivity index (χ2v) is 5.61. The van der Waals surface area contributed by atoms with Crippen molar-refractivity contribution in [3.63, 3.8) is 0 Å². The summed E-state index contributed by atoms with van der Waals surface area (Å²) < 4.78 is 5.49. The smallest absolute Gasteiger partial charge is 0.224 e. The van der Waals surface area contributed by atoms with Crippen LogP contribution in [0.3, 0.4) is 0 Å². The van der Waals surface area contributed by atoms with E-state index < -0.39 is 0 Å². The molecule has 2 amide bonds. The molecule has 2 aromatic rings. The number of hydrogen-bond donors (Lipinski definition) is 2. The van der Waals surface area contributed by atoms with Gasteiger partial charge in [0.05, 0.1) is 6.54 Å². The topological polar surface area (TPSA) is 67.4 Å². The molecule has 0 saturated carbocycles. The van der Waals surface area contributed by atoms with Crippen molar-refractivity contribution in [2.24, 2.45) is 0 Å². The Morgan fingerprint density at radius 3 is 2.48 bits per heavy atom. The molecule has 0 aliphatic carbocycles. The summed E-state index contributed by atoms with van der Waals surface area (Å²) in [5.41, 5.74) is 1.93. The summed E-state index contributed by atoms with van der Waals surface area (Å²) >= 11 is 0. The molecule has 2 aromatic carbocycles. The molecule has 5 nitrogen and oxygen atoms in total. The number of ether oxygens (including phenoxy) is 1. The maximum Gasteiger partial charge on any atom is 0.224 e. The van der Waals surface area contributed by atoms with Gasteiger partial charge in [-0.2, -0.15) is 0 Å². The quantitative estimate of drug-likeness (QED) is 0.689. The molecule has 0 fully saturated rings. The van der Waals surface area contributed by atoms with Gasteiger partial charge in [0.1, 0.15) is 12.4 Å². The number of nitrogens with one attached hydrogen (secondary N) is 2. The van der Waals surface area contributed by atoms with E-state index in [9.17, 15) is 9.59 Å². The molecule has 0 radical (unpaired) electrons. The first kappa shape index (κ1) is 18.5. The van der Waals surface area contributed by atoms with Crippen molar-refractivity contribution in [1.82, 2.24) is 5.32 Å². The van der Waals surface area contributed by atoms with Crippen molar-refractivity contribution in [1.29, 1.82) is 0 Å². The van der Waals surface area contributed by atoms with Gasteiger partial charge >= 0.3 is 0 Å². The molecule has 0 unspecified atom stereocenters. The highest BCUT2D eigenvalue weighted by Crippen LogP contribution is 2.11. The maximum absolute atomic E-state index is 11.9. The second-order valence-electron chi connectivity index (χ2n) is 5.61. The lowest BCUT2D eigenvalue weighted by Gasteiger charge is -2.08. The Morgan fingerprint density at radius 1 is 0.960 bits per heavy atom. The van der Waals surface area contributed by atoms with Crippen molar-refractivity contribution in [2.75, 3.05) is 18.5 Å². The molecule has 0 aromatic heterocycles. The molecule has 0 aliphatic rings. The van der Waals surface area contributed by atoms with Crippen molar-refractivity contribution in [3.8, 4) is 5.75 Å². The van der Waals surface area contributed by atoms with E-state index in [0.717, 1.165) is 23.4 Å². The predicted octanol–water partition coefficient (Wildman–Crippen LogP) is 3.16. The third-order valence-electron chi connectivity index (χ3n) is 3.63. The summed E-state index contributed by atoms with van der Waals surface area (Å²) in [7, 11) is 0. The van der Waals surface area contributed by atoms with Crippen LogP contribution in [0.2, 0.25) is 0 Å². The lowest BCUT2D eigenvalue weighted by Crippen LogP contribution is -2.28. The van der Waals surface area contributed by atoms with Crippen LogP contribution in [0.1, 0.15) is 25.3 Å². The molecule has 0 spiro atoms. The Morgan fingerprint density at radius 2 is 1.72 bits per heavy atom. The zero-order valence-corrected chi connectivity index (χ0v) is 14.5. The first-order valence-electron chi connectivity index (χ1n) is 8.50. The number of amides is 2. The number of rotatable bonds is 9. The van der Waals surface area contributed by atoms with Crippen LogP contribution in [0, 0.1) is 0 Å². The van der Waals surface area contributed by atoms with E-state index in [1.54, 1.807) is 0 Å². The van der Waals surface area contributed by atoms with Crippen LogP contribution >= 0.6 is 0 Å². The Hall–Kier alpha value is -2.82. The van der Waals surface area contributed by atoms with Crippen LogP contribution in [0.5, 0.6) is 5.75 Å². The Balaban J connectivity index is 1.61. The highest BCUT2D eigenvalue weighted by Gasteiger charge is 2.07. The standard InChI is InChI=1S/C20H24N2O3/c1-2-16-7-6-8-17(15-16)22-20(24)12-11-19(23)21-13-14-25-18-9-4-3-5-10-18/h3-10,15H,2,11-14H2,1H3,(H,21,23)(H,22,24). The van der Waals surface area contributed by atoms with Gasteiger partial charge in [-0.1, -0.05) is 37.3 Å². The molecule has 0 aliphatic heterocycles. The average molecular weight is 340 g/mol. The molecule has 5 heteroatoms. The van der Waals surface area contributed by atoms with Gasteiger partial charge in [0, 0.05) is 18.5 Å². The summed E-state index contributed by atoms with van der Waals surface area (Å²) in [6.07, 6.45) is 1.23. The Labute approximate surface area is 148 Å². The predicted molar refractivity (Wildman–Crippen MR) is 98.6 cm³/mol. The number of benzene rings is 2. The van der Waals surface area contributed by atoms with Crippen molar-refractivity contribution >= 4 is 17.5 Å². The fourth-order valence-electron chi connectivity index (χ4n) is 2.28. The summed E-state index contributed by atoms with van der Waals surface area (Å²) in [5, 5.41) is 5.56. The molecule has 0 heterocycles. The SMILES string of the molecule is CCc1cccc(NC(=O)CCC(=O)NCCOc2ccccc2)c1. The van der Waals surface area contributed by atoms with Gasteiger partial charge < -0.3 is 15.4 Å². The van der Waals surface area contributed by atoms with Crippen LogP contribution in [0.25, 0.3) is 0 Å². The molecule has 0 atom stereocenters. The summed E-state index contributed by atoms with van der Waals surface area (Å²) in [6.45, 7) is 2.87. The molecule has 0 saturated heterocycles. The minimum atomic E-state index is -0.163. The van der Waals surface area contributed by atoms with E-state index in [2.05, 4.69) is 17.6 Å². The number of para-hydroxylation sites is 1. The highest BCUT2D eigenvalue weighted by atomic mass is 16.5. The van der Waals surface area contributed by atoms with E-state index in [1.165, 1.54) is 0 Å². The van der Waals surface area contributed by atoms with Gasteiger partial charge in [-0.15, -0.1) is 0 Å². The molecular formula is C20H24N2O3. The normalized spacial score (nSPS) is 10.1. The zero-order chi connectivity index (χ0) is 17.9. The zero-order valence-electron chi connectivity index (χ0n) is 14.5. The second kappa shape index (κ2) is 10.1. The van der Waals surface area contributed by atoms with Crippen molar-refractivity contribution in [3.05, 3.63) is 60.2 Å². The molecule has 2 rings (SSSR count). The Kier molecular flexibility index (Phi) is 7.50. The summed E-state index contributed by atoms with van der Waals surface area (Å²) in [5.74, 6) is 0.448. The van der Waals surface area contributed by atoms with E-state index in [1.807, 2.05) is 54.6 Å². The number of aryl methyl sites for hydroxylation is 1. The van der Waals surface area contributed by atoms with Crippen LogP contribution < -0.4 is 15.4 Å². The number of anilines is 1. The summed E-state index contributed by atoms with van der Waals surface area (Å²) in [6, 6.07) is 17.1. The van der Waals surface area contributed by atoms with Gasteiger partial charge in [0.25, 0.3) is 0 Å². The third kappa shape index (κ3) is 7.08. The minimum absolute atomic E-state index is 0.154. The third-order valence-corrected chi connectivity index (χ3v) is 3.63. The van der Waals surface area contributed by atoms with E-state index in [4.69, 9.17) is 4.74 Å². The largest absolute Gasteiger partial charge is 0.492 e. The van der Waals surface area contributed by atoms with Crippen molar-refractivity contribution in [2.45, 2.75) is 26.2 Å². The lowest BCUT2D eigenvalue weighted by molar-refractivity contribution is -0.124. The molecule has 25 heavy (non-hydrogen) atoms. The number of carbonyl (C=O) groups excluding carboxylic acids is 2. The van der Waals surface area contributed by atoms with Crippen LogP contribution in [0.4, 0.5) is 5.69 Å². The highest BCUT2D eigenvalue weighted by molar-refractivity contribution is 5.93. The maximum atomic E-state index is 11.9. The molecule has 0 bridgehead atoms. The van der Waals surface area contributed by atoms with Gasteiger partial charge in [0.2, 0.25) is 11.8 Å². The molecule has 2 N–H and O–H groups in total. The number of carbonyl (C=O) groups is 2. The fourth-order valence-corrected chi connectivity index (χ4v) is 2.28. The monoisotopic (exact) mass is 340 g/mol. The van der Waals surface area contributed by atoms with Gasteiger partial charge in [-0.25, -0.2) is 0 Å². The Bertz CT molecular complexity index is 686. The van der Waals surface area contributed by atoms with Crippen LogP contribution in [0.15, 0.2) is 54.6 Å². The first-order chi connectivity index (χ1) is 12.2. The number of hydrogen-bond acceptors (Lipinski definition) is 3. The summed E-state index contributed by atoms with van der Waals surface area (Å²) in [4.78, 5) is 23.7. The fraction of sp³-hybridized carbons (Fsp3) is 0.300. The lowest BCUT2D eigenvalue weighted by atomic mass is 10.1. The minimum Gasteiger partial charge on any atom is -0.492 e. The van der Waals surface area contributed by atoms with Gasteiger partial charge in [-0.3, -0.25) is 9.59 Å². The van der Waals surface area contributed by atoms with E-state index in [-0.39, 0.29) is 24.7 Å². The van der Waals surface area contributed by atoms with Gasteiger partial charge in [0.15, 0.2) is 0 Å². The molecule has 132 valence electrons. The van der Waals surface area contributed by atoms with Crippen molar-refractivity contribution < 1.29 is 14.3 Å². The van der Waals surface area contributed by atoms with Crippen LogP contribution in [-0.4, -0.2) is 25.0 Å². The average Bonchev–Trinajstić information content (AvgIpc) is 2.64. The van der Waals surface area contributed by atoms with E-state index >= 15 is 0 Å². The van der Waals surface area contributed by atoms with Gasteiger partial charge in [-0.05, 0) is 36.2 Å². The van der Waals surface area contributed by atoms with Crippen LogP contribution in [-0.2, 0) is 16.0 Å². The first-order valence-corrected chi connectivity index (χ1v) is 8.50.